The van der Waals surface area contributed by atoms with Crippen molar-refractivity contribution in [1.29, 1.82) is 0 Å². The molecule has 0 saturated carbocycles. The van der Waals surface area contributed by atoms with Crippen molar-refractivity contribution in [3.63, 3.8) is 0 Å². The number of rotatable bonds is 2. The molecule has 94 valence electrons. The lowest BCUT2D eigenvalue weighted by molar-refractivity contribution is 0.101. The van der Waals surface area contributed by atoms with Gasteiger partial charge in [0.1, 0.15) is 11.4 Å². The quantitative estimate of drug-likeness (QED) is 0.648. The highest BCUT2D eigenvalue weighted by Gasteiger charge is 2.18. The van der Waals surface area contributed by atoms with Crippen molar-refractivity contribution in [1.82, 2.24) is 0 Å². The summed E-state index contributed by atoms with van der Waals surface area (Å²) in [5, 5.41) is 0.823. The maximum absolute atomic E-state index is 13.7. The van der Waals surface area contributed by atoms with Crippen LogP contribution in [0.3, 0.4) is 0 Å². The summed E-state index contributed by atoms with van der Waals surface area (Å²) in [6.07, 6.45) is 0. The van der Waals surface area contributed by atoms with Crippen LogP contribution in [0.4, 0.5) is 4.39 Å². The Hall–Kier alpha value is -1.94. The molecule has 0 aliphatic carbocycles. The lowest BCUT2D eigenvalue weighted by Gasteiger charge is -2.00. The molecule has 0 bridgehead atoms. The van der Waals surface area contributed by atoms with Gasteiger partial charge in [-0.25, -0.2) is 4.39 Å². The average Bonchev–Trinajstić information content (AvgIpc) is 2.81. The van der Waals surface area contributed by atoms with Crippen LogP contribution in [0.15, 0.2) is 57.4 Å². The number of fused-ring (bicyclic) bond motifs is 1. The second-order valence-electron chi connectivity index (χ2n) is 4.10. The molecule has 19 heavy (non-hydrogen) atoms. The first kappa shape index (κ1) is 12.1. The molecule has 0 unspecified atom stereocenters. The maximum Gasteiger partial charge on any atom is 0.231 e. The number of hydrogen-bond donors (Lipinski definition) is 0. The van der Waals surface area contributed by atoms with Gasteiger partial charge in [-0.3, -0.25) is 4.79 Å². The predicted molar refractivity (Wildman–Crippen MR) is 73.7 cm³/mol. The van der Waals surface area contributed by atoms with E-state index in [1.54, 1.807) is 18.2 Å². The van der Waals surface area contributed by atoms with Gasteiger partial charge < -0.3 is 4.42 Å². The molecule has 0 fully saturated rings. The highest BCUT2D eigenvalue weighted by Crippen LogP contribution is 2.23. The molecule has 4 heteroatoms. The van der Waals surface area contributed by atoms with E-state index < -0.39 is 11.6 Å². The van der Waals surface area contributed by atoms with Gasteiger partial charge in [0.15, 0.2) is 5.76 Å². The Morgan fingerprint density at radius 2 is 1.89 bits per heavy atom. The van der Waals surface area contributed by atoms with E-state index in [1.807, 2.05) is 18.2 Å². The largest absolute Gasteiger partial charge is 0.453 e. The predicted octanol–water partition coefficient (Wildman–Crippen LogP) is 4.57. The van der Waals surface area contributed by atoms with Gasteiger partial charge in [0.25, 0.3) is 0 Å². The molecule has 3 rings (SSSR count). The lowest BCUT2D eigenvalue weighted by atomic mass is 10.1. The number of ketones is 1. The molecular weight excluding hydrogens is 311 g/mol. The van der Waals surface area contributed by atoms with Crippen molar-refractivity contribution in [3.8, 4) is 0 Å². The number of halogens is 2. The van der Waals surface area contributed by atoms with Gasteiger partial charge in [0.2, 0.25) is 5.78 Å². The highest BCUT2D eigenvalue weighted by atomic mass is 79.9. The molecule has 2 aromatic carbocycles. The Bertz CT molecular complexity index is 744. The van der Waals surface area contributed by atoms with Crippen molar-refractivity contribution >= 4 is 32.7 Å². The van der Waals surface area contributed by atoms with Crippen molar-refractivity contribution in [3.05, 3.63) is 70.1 Å². The van der Waals surface area contributed by atoms with E-state index in [1.165, 1.54) is 12.1 Å². The number of furan rings is 1. The van der Waals surface area contributed by atoms with Crippen molar-refractivity contribution in [2.24, 2.45) is 0 Å². The van der Waals surface area contributed by atoms with Crippen LogP contribution in [0.2, 0.25) is 0 Å². The van der Waals surface area contributed by atoms with Crippen LogP contribution in [0.25, 0.3) is 11.0 Å². The smallest absolute Gasteiger partial charge is 0.231 e. The van der Waals surface area contributed by atoms with Gasteiger partial charge in [-0.15, -0.1) is 0 Å². The number of benzene rings is 2. The van der Waals surface area contributed by atoms with Gasteiger partial charge in [-0.2, -0.15) is 0 Å². The van der Waals surface area contributed by atoms with Crippen LogP contribution in [0.5, 0.6) is 0 Å². The molecule has 0 aliphatic heterocycles. The number of carbonyl (C=O) groups is 1. The van der Waals surface area contributed by atoms with E-state index in [9.17, 15) is 9.18 Å². The van der Waals surface area contributed by atoms with Crippen molar-refractivity contribution in [2.45, 2.75) is 0 Å². The van der Waals surface area contributed by atoms with Gasteiger partial charge in [-0.05, 0) is 30.3 Å². The zero-order chi connectivity index (χ0) is 13.4. The van der Waals surface area contributed by atoms with Crippen LogP contribution in [-0.4, -0.2) is 5.78 Å². The molecular formula is C15H8BrFO2. The third-order valence-corrected chi connectivity index (χ3v) is 3.32. The monoisotopic (exact) mass is 318 g/mol. The highest BCUT2D eigenvalue weighted by molar-refractivity contribution is 9.10. The zero-order valence-electron chi connectivity index (χ0n) is 9.69. The van der Waals surface area contributed by atoms with Gasteiger partial charge >= 0.3 is 0 Å². The fourth-order valence-electron chi connectivity index (χ4n) is 1.90. The molecule has 0 spiro atoms. The zero-order valence-corrected chi connectivity index (χ0v) is 11.3. The van der Waals surface area contributed by atoms with E-state index in [0.29, 0.717) is 10.1 Å². The average molecular weight is 319 g/mol. The summed E-state index contributed by atoms with van der Waals surface area (Å²) < 4.78 is 19.8. The molecule has 0 N–H and O–H groups in total. The Balaban J connectivity index is 2.08. The van der Waals surface area contributed by atoms with E-state index in [2.05, 4.69) is 15.9 Å². The minimum absolute atomic E-state index is 0.00209. The van der Waals surface area contributed by atoms with Crippen molar-refractivity contribution < 1.29 is 13.6 Å². The number of para-hydroxylation sites is 1. The van der Waals surface area contributed by atoms with E-state index in [0.717, 1.165) is 5.39 Å². The van der Waals surface area contributed by atoms with Crippen LogP contribution in [-0.2, 0) is 0 Å². The summed E-state index contributed by atoms with van der Waals surface area (Å²) in [6.45, 7) is 0. The Morgan fingerprint density at radius 1 is 1.11 bits per heavy atom. The molecule has 0 radical (unpaired) electrons. The molecule has 3 aromatic rings. The Kier molecular flexibility index (Phi) is 2.95. The fourth-order valence-corrected chi connectivity index (χ4v) is 2.23. The maximum atomic E-state index is 13.7. The normalized spacial score (nSPS) is 10.8. The third kappa shape index (κ3) is 2.19. The first-order valence-corrected chi connectivity index (χ1v) is 6.43. The topological polar surface area (TPSA) is 30.2 Å². The number of carbonyl (C=O) groups excluding carboxylic acids is 1. The molecule has 0 atom stereocenters. The summed E-state index contributed by atoms with van der Waals surface area (Å²) in [6, 6.07) is 13.2. The van der Waals surface area contributed by atoms with Crippen LogP contribution in [0.1, 0.15) is 16.1 Å². The summed E-state index contributed by atoms with van der Waals surface area (Å²) in [5.74, 6) is -0.886. The second kappa shape index (κ2) is 4.63. The van der Waals surface area contributed by atoms with Gasteiger partial charge in [0.05, 0.1) is 5.56 Å². The van der Waals surface area contributed by atoms with Crippen molar-refractivity contribution in [2.75, 3.05) is 0 Å². The molecule has 0 saturated heterocycles. The van der Waals surface area contributed by atoms with Crippen LogP contribution < -0.4 is 0 Å². The number of hydrogen-bond acceptors (Lipinski definition) is 2. The first-order chi connectivity index (χ1) is 9.15. The molecule has 2 nitrogen and oxygen atoms in total. The van der Waals surface area contributed by atoms with E-state index >= 15 is 0 Å². The van der Waals surface area contributed by atoms with Crippen LogP contribution in [0, 0.1) is 5.82 Å². The minimum Gasteiger partial charge on any atom is -0.453 e. The Labute approximate surface area is 117 Å². The fraction of sp³-hybridized carbons (Fsp3) is 0. The second-order valence-corrected chi connectivity index (χ2v) is 5.02. The van der Waals surface area contributed by atoms with Gasteiger partial charge in [0, 0.05) is 9.86 Å². The van der Waals surface area contributed by atoms with E-state index in [4.69, 9.17) is 4.42 Å². The standard InChI is InChI=1S/C15H8BrFO2/c16-10-5-6-11(12(17)8-10)15(18)14-7-9-3-1-2-4-13(9)19-14/h1-8H. The molecule has 1 heterocycles. The SMILES string of the molecule is O=C(c1cc2ccccc2o1)c1ccc(Br)cc1F. The van der Waals surface area contributed by atoms with Gasteiger partial charge in [-0.1, -0.05) is 34.1 Å². The van der Waals surface area contributed by atoms with Crippen LogP contribution >= 0.6 is 15.9 Å². The molecule has 0 amide bonds. The minimum atomic E-state index is -0.570. The summed E-state index contributed by atoms with van der Waals surface area (Å²) in [5.41, 5.74) is 0.616. The van der Waals surface area contributed by atoms with E-state index in [-0.39, 0.29) is 11.3 Å². The molecule has 1 aromatic heterocycles. The molecule has 0 aliphatic rings. The summed E-state index contributed by atoms with van der Waals surface area (Å²) >= 11 is 3.16. The first-order valence-electron chi connectivity index (χ1n) is 5.63. The Morgan fingerprint density at radius 3 is 2.63 bits per heavy atom. The lowest BCUT2D eigenvalue weighted by Crippen LogP contribution is -2.02. The summed E-state index contributed by atoms with van der Waals surface area (Å²) in [4.78, 5) is 12.2. The third-order valence-electron chi connectivity index (χ3n) is 2.83. The summed E-state index contributed by atoms with van der Waals surface area (Å²) in [7, 11) is 0.